The predicted octanol–water partition coefficient (Wildman–Crippen LogP) is 4.04. The number of benzene rings is 2. The van der Waals surface area contributed by atoms with Crippen LogP contribution in [0.1, 0.15) is 48.2 Å². The molecule has 0 radical (unpaired) electrons. The third kappa shape index (κ3) is 5.88. The average Bonchev–Trinajstić information content (AvgIpc) is 3.14. The molecule has 0 aliphatic carbocycles. The van der Waals surface area contributed by atoms with Crippen LogP contribution in [-0.4, -0.2) is 49.4 Å². The van der Waals surface area contributed by atoms with Crippen LogP contribution in [0.3, 0.4) is 0 Å². The number of aromatic nitrogens is 1. The van der Waals surface area contributed by atoms with Crippen molar-refractivity contribution >= 4 is 43.5 Å². The second-order valence-electron chi connectivity index (χ2n) is 8.24. The number of thiazole rings is 1. The van der Waals surface area contributed by atoms with Crippen molar-refractivity contribution in [3.63, 3.8) is 0 Å². The summed E-state index contributed by atoms with van der Waals surface area (Å²) < 4.78 is 34.7. The normalized spacial score (nSPS) is 12.5. The van der Waals surface area contributed by atoms with E-state index in [1.165, 1.54) is 47.0 Å². The molecule has 8 nitrogen and oxygen atoms in total. The number of unbranched alkanes of at least 4 members (excludes halogenated alkanes) is 1. The quantitative estimate of drug-likeness (QED) is 0.399. The summed E-state index contributed by atoms with van der Waals surface area (Å²) in [6.07, 6.45) is 1.68. The van der Waals surface area contributed by atoms with Crippen molar-refractivity contribution in [1.82, 2.24) is 8.87 Å². The highest BCUT2D eigenvalue weighted by Crippen LogP contribution is 2.22. The van der Waals surface area contributed by atoms with Gasteiger partial charge in [0.15, 0.2) is 4.80 Å². The van der Waals surface area contributed by atoms with E-state index in [0.29, 0.717) is 17.9 Å². The molecule has 0 aliphatic heterocycles. The van der Waals surface area contributed by atoms with Crippen molar-refractivity contribution in [1.29, 1.82) is 0 Å². The third-order valence-electron chi connectivity index (χ3n) is 5.86. The number of rotatable bonds is 9. The molecule has 188 valence electrons. The first-order valence-corrected chi connectivity index (χ1v) is 13.7. The fourth-order valence-electron chi connectivity index (χ4n) is 3.61. The van der Waals surface area contributed by atoms with Gasteiger partial charge in [0.1, 0.15) is 6.54 Å². The Morgan fingerprint density at radius 2 is 1.74 bits per heavy atom. The maximum atomic E-state index is 13.0. The van der Waals surface area contributed by atoms with Gasteiger partial charge in [-0.25, -0.2) is 8.42 Å². The Kier molecular flexibility index (Phi) is 8.63. The lowest BCUT2D eigenvalue weighted by atomic mass is 10.1. The summed E-state index contributed by atoms with van der Waals surface area (Å²) in [5.41, 5.74) is 3.21. The molecule has 35 heavy (non-hydrogen) atoms. The van der Waals surface area contributed by atoms with Gasteiger partial charge in [-0.3, -0.25) is 9.59 Å². The van der Waals surface area contributed by atoms with Gasteiger partial charge < -0.3 is 9.30 Å². The Hall–Kier alpha value is -2.82. The average molecular weight is 518 g/mol. The van der Waals surface area contributed by atoms with Crippen molar-refractivity contribution in [2.24, 2.45) is 4.99 Å². The largest absolute Gasteiger partial charge is 0.468 e. The summed E-state index contributed by atoms with van der Waals surface area (Å²) >= 11 is 1.31. The standard InChI is InChI=1S/C25H31N3O5S2/c1-6-8-13-27(7-2)35(31,32)20-11-9-19(10-12-20)24(30)26-25-28(16-23(29)33-5)21-14-17(3)18(4)15-22(21)34-25/h9-12,14-15H,6-8,13,16H2,1-5H3. The molecule has 0 fully saturated rings. The van der Waals surface area contributed by atoms with Gasteiger partial charge in [0.25, 0.3) is 5.91 Å². The number of sulfonamides is 1. The Bertz CT molecular complexity index is 1400. The second-order valence-corrected chi connectivity index (χ2v) is 11.2. The van der Waals surface area contributed by atoms with Gasteiger partial charge >= 0.3 is 5.97 Å². The van der Waals surface area contributed by atoms with Gasteiger partial charge in [0, 0.05) is 18.7 Å². The molecule has 0 unspecified atom stereocenters. The van der Waals surface area contributed by atoms with Crippen LogP contribution in [0.25, 0.3) is 10.2 Å². The molecule has 1 aromatic heterocycles. The van der Waals surface area contributed by atoms with Gasteiger partial charge in [-0.1, -0.05) is 31.6 Å². The summed E-state index contributed by atoms with van der Waals surface area (Å²) in [6, 6.07) is 9.78. The van der Waals surface area contributed by atoms with E-state index in [-0.39, 0.29) is 17.0 Å². The Morgan fingerprint density at radius 3 is 2.34 bits per heavy atom. The Labute approximate surface area is 209 Å². The van der Waals surface area contributed by atoms with Crippen LogP contribution in [0, 0.1) is 13.8 Å². The first-order valence-electron chi connectivity index (χ1n) is 11.5. The Balaban J connectivity index is 1.99. The molecule has 2 aromatic carbocycles. The number of carbonyl (C=O) groups is 2. The molecule has 0 bridgehead atoms. The molecule has 3 aromatic rings. The number of esters is 1. The smallest absolute Gasteiger partial charge is 0.325 e. The van der Waals surface area contributed by atoms with Gasteiger partial charge in [-0.05, 0) is 67.8 Å². The van der Waals surface area contributed by atoms with E-state index in [4.69, 9.17) is 4.74 Å². The zero-order chi connectivity index (χ0) is 25.8. The molecular weight excluding hydrogens is 486 g/mol. The van der Waals surface area contributed by atoms with E-state index in [1.54, 1.807) is 4.57 Å². The minimum Gasteiger partial charge on any atom is -0.468 e. The molecule has 3 rings (SSSR count). The first kappa shape index (κ1) is 26.8. The van der Waals surface area contributed by atoms with Crippen LogP contribution in [0.5, 0.6) is 0 Å². The number of fused-ring (bicyclic) bond motifs is 1. The predicted molar refractivity (Wildman–Crippen MR) is 137 cm³/mol. The minimum absolute atomic E-state index is 0.0765. The van der Waals surface area contributed by atoms with Crippen LogP contribution in [-0.2, 0) is 26.1 Å². The third-order valence-corrected chi connectivity index (χ3v) is 8.89. The van der Waals surface area contributed by atoms with Crippen LogP contribution in [0.2, 0.25) is 0 Å². The summed E-state index contributed by atoms with van der Waals surface area (Å²) in [5.74, 6) is -0.971. The molecule has 1 heterocycles. The van der Waals surface area contributed by atoms with Crippen LogP contribution < -0.4 is 4.80 Å². The summed E-state index contributed by atoms with van der Waals surface area (Å²) in [6.45, 7) is 8.56. The number of hydrogen-bond acceptors (Lipinski definition) is 6. The molecular formula is C25H31N3O5S2. The van der Waals surface area contributed by atoms with Gasteiger partial charge in [-0.2, -0.15) is 9.30 Å². The Morgan fingerprint density at radius 1 is 1.09 bits per heavy atom. The van der Waals surface area contributed by atoms with E-state index >= 15 is 0 Å². The van der Waals surface area contributed by atoms with E-state index < -0.39 is 21.9 Å². The lowest BCUT2D eigenvalue weighted by Crippen LogP contribution is -2.31. The first-order chi connectivity index (χ1) is 16.6. The van der Waals surface area contributed by atoms with E-state index in [2.05, 4.69) is 4.99 Å². The van der Waals surface area contributed by atoms with Crippen molar-refractivity contribution in [3.8, 4) is 0 Å². The van der Waals surface area contributed by atoms with Gasteiger partial charge in [-0.15, -0.1) is 0 Å². The summed E-state index contributed by atoms with van der Waals surface area (Å²) in [5, 5.41) is 0. The fraction of sp³-hybridized carbons (Fsp3) is 0.400. The molecule has 0 saturated heterocycles. The number of amides is 1. The SMILES string of the molecule is CCCCN(CC)S(=O)(=O)c1ccc(C(=O)N=c2sc3cc(C)c(C)cc3n2CC(=O)OC)cc1. The lowest BCUT2D eigenvalue weighted by molar-refractivity contribution is -0.141. The van der Waals surface area contributed by atoms with Crippen LogP contribution in [0.15, 0.2) is 46.3 Å². The monoisotopic (exact) mass is 517 g/mol. The lowest BCUT2D eigenvalue weighted by Gasteiger charge is -2.20. The number of aryl methyl sites for hydroxylation is 2. The highest BCUT2D eigenvalue weighted by atomic mass is 32.2. The van der Waals surface area contributed by atoms with Crippen LogP contribution >= 0.6 is 11.3 Å². The van der Waals surface area contributed by atoms with E-state index in [0.717, 1.165) is 34.2 Å². The zero-order valence-electron chi connectivity index (χ0n) is 20.7. The highest BCUT2D eigenvalue weighted by molar-refractivity contribution is 7.89. The van der Waals surface area contributed by atoms with E-state index in [9.17, 15) is 18.0 Å². The second kappa shape index (κ2) is 11.3. The highest BCUT2D eigenvalue weighted by Gasteiger charge is 2.23. The van der Waals surface area contributed by atoms with Gasteiger partial charge in [0.05, 0.1) is 22.2 Å². The molecule has 0 saturated carbocycles. The van der Waals surface area contributed by atoms with Crippen molar-refractivity contribution in [2.75, 3.05) is 20.2 Å². The molecule has 0 N–H and O–H groups in total. The number of nitrogens with zero attached hydrogens (tertiary/aromatic N) is 3. The number of ether oxygens (including phenoxy) is 1. The minimum atomic E-state index is -3.64. The van der Waals surface area contributed by atoms with E-state index in [1.807, 2.05) is 39.8 Å². The van der Waals surface area contributed by atoms with Crippen molar-refractivity contribution in [3.05, 3.63) is 57.9 Å². The summed E-state index contributed by atoms with van der Waals surface area (Å²) in [4.78, 5) is 29.8. The van der Waals surface area contributed by atoms with Crippen LogP contribution in [0.4, 0.5) is 0 Å². The van der Waals surface area contributed by atoms with Crippen molar-refractivity contribution in [2.45, 2.75) is 52.0 Å². The maximum Gasteiger partial charge on any atom is 0.325 e. The van der Waals surface area contributed by atoms with Gasteiger partial charge in [0.2, 0.25) is 10.0 Å². The molecule has 0 aliphatic rings. The maximum absolute atomic E-state index is 13.0. The topological polar surface area (TPSA) is 98.0 Å². The number of hydrogen-bond donors (Lipinski definition) is 0. The number of methoxy groups -OCH3 is 1. The fourth-order valence-corrected chi connectivity index (χ4v) is 6.20. The molecule has 0 atom stereocenters. The zero-order valence-corrected chi connectivity index (χ0v) is 22.3. The molecule has 1 amide bonds. The molecule has 10 heteroatoms. The number of carbonyl (C=O) groups excluding carboxylic acids is 2. The molecule has 0 spiro atoms. The van der Waals surface area contributed by atoms with Crippen molar-refractivity contribution < 1.29 is 22.7 Å². The summed E-state index contributed by atoms with van der Waals surface area (Å²) in [7, 11) is -2.32.